The molecule has 1 heterocycles. The summed E-state index contributed by atoms with van der Waals surface area (Å²) < 4.78 is 0. The Kier molecular flexibility index (Phi) is 2.51. The topological polar surface area (TPSA) is 39.1 Å². The third-order valence-electron chi connectivity index (χ3n) is 2.88. The van der Waals surface area contributed by atoms with Crippen molar-refractivity contribution in [3.63, 3.8) is 0 Å². The van der Waals surface area contributed by atoms with Gasteiger partial charge in [-0.3, -0.25) is 0 Å². The van der Waals surface area contributed by atoms with E-state index >= 15 is 0 Å². The first-order valence-corrected chi connectivity index (χ1v) is 5.58. The van der Waals surface area contributed by atoms with Crippen molar-refractivity contribution >= 4 is 11.4 Å². The summed E-state index contributed by atoms with van der Waals surface area (Å²) in [7, 11) is 0. The van der Waals surface area contributed by atoms with Gasteiger partial charge in [0.15, 0.2) is 0 Å². The zero-order chi connectivity index (χ0) is 11.8. The SMILES string of the molecule is CC(C)(C)N1CCNc2ccc(C#N)cc21. The maximum Gasteiger partial charge on any atom is 0.0992 e. The first-order valence-electron chi connectivity index (χ1n) is 5.58. The fourth-order valence-corrected chi connectivity index (χ4v) is 2.09. The quantitative estimate of drug-likeness (QED) is 0.723. The number of nitrogens with zero attached hydrogens (tertiary/aromatic N) is 2. The molecule has 1 N–H and O–H groups in total. The highest BCUT2D eigenvalue weighted by atomic mass is 15.2. The van der Waals surface area contributed by atoms with Crippen LogP contribution in [0.15, 0.2) is 18.2 Å². The smallest absolute Gasteiger partial charge is 0.0992 e. The Hall–Kier alpha value is -1.69. The van der Waals surface area contributed by atoms with E-state index in [1.165, 1.54) is 0 Å². The minimum atomic E-state index is 0.0882. The summed E-state index contributed by atoms with van der Waals surface area (Å²) >= 11 is 0. The van der Waals surface area contributed by atoms with Crippen LogP contribution in [0.3, 0.4) is 0 Å². The Morgan fingerprint density at radius 1 is 1.38 bits per heavy atom. The Balaban J connectivity index is 2.48. The van der Waals surface area contributed by atoms with Crippen LogP contribution < -0.4 is 10.2 Å². The molecular formula is C13H17N3. The van der Waals surface area contributed by atoms with Gasteiger partial charge in [0.05, 0.1) is 23.0 Å². The Bertz CT molecular complexity index is 437. The van der Waals surface area contributed by atoms with Crippen molar-refractivity contribution < 1.29 is 0 Å². The molecule has 1 aromatic rings. The second kappa shape index (κ2) is 3.71. The minimum Gasteiger partial charge on any atom is -0.382 e. The molecule has 2 rings (SSSR count). The maximum atomic E-state index is 8.94. The summed E-state index contributed by atoms with van der Waals surface area (Å²) in [4.78, 5) is 2.35. The van der Waals surface area contributed by atoms with Crippen LogP contribution in [0, 0.1) is 11.3 Å². The summed E-state index contributed by atoms with van der Waals surface area (Å²) in [6.45, 7) is 8.52. The molecule has 0 unspecified atom stereocenters. The zero-order valence-electron chi connectivity index (χ0n) is 10.0. The second-order valence-corrected chi connectivity index (χ2v) is 5.09. The Labute approximate surface area is 96.7 Å². The van der Waals surface area contributed by atoms with Gasteiger partial charge in [0.2, 0.25) is 0 Å². The van der Waals surface area contributed by atoms with Crippen molar-refractivity contribution in [2.75, 3.05) is 23.3 Å². The van der Waals surface area contributed by atoms with Crippen LogP contribution in [-0.2, 0) is 0 Å². The molecular weight excluding hydrogens is 198 g/mol. The largest absolute Gasteiger partial charge is 0.382 e. The van der Waals surface area contributed by atoms with Crippen molar-refractivity contribution in [2.24, 2.45) is 0 Å². The van der Waals surface area contributed by atoms with Crippen LogP contribution in [0.5, 0.6) is 0 Å². The number of fused-ring (bicyclic) bond motifs is 1. The van der Waals surface area contributed by atoms with Crippen molar-refractivity contribution in [2.45, 2.75) is 26.3 Å². The number of rotatable bonds is 0. The van der Waals surface area contributed by atoms with E-state index in [2.05, 4.69) is 37.1 Å². The Morgan fingerprint density at radius 2 is 2.12 bits per heavy atom. The molecule has 0 radical (unpaired) electrons. The molecule has 3 nitrogen and oxygen atoms in total. The molecule has 0 fully saturated rings. The molecule has 0 aromatic heterocycles. The van der Waals surface area contributed by atoms with Crippen molar-refractivity contribution in [1.29, 1.82) is 5.26 Å². The predicted octanol–water partition coefficient (Wildman–Crippen LogP) is 2.59. The lowest BCUT2D eigenvalue weighted by Crippen LogP contribution is -2.46. The summed E-state index contributed by atoms with van der Waals surface area (Å²) in [5.41, 5.74) is 3.07. The second-order valence-electron chi connectivity index (χ2n) is 5.09. The molecule has 16 heavy (non-hydrogen) atoms. The van der Waals surface area contributed by atoms with Gasteiger partial charge in [-0.1, -0.05) is 0 Å². The molecule has 0 bridgehead atoms. The van der Waals surface area contributed by atoms with Gasteiger partial charge in [0.25, 0.3) is 0 Å². The van der Waals surface area contributed by atoms with Crippen LogP contribution in [-0.4, -0.2) is 18.6 Å². The fourth-order valence-electron chi connectivity index (χ4n) is 2.09. The summed E-state index contributed by atoms with van der Waals surface area (Å²) in [5, 5.41) is 12.3. The summed E-state index contributed by atoms with van der Waals surface area (Å²) in [6.07, 6.45) is 0. The number of nitrogens with one attached hydrogen (secondary N) is 1. The lowest BCUT2D eigenvalue weighted by molar-refractivity contribution is 0.504. The van der Waals surface area contributed by atoms with E-state index in [4.69, 9.17) is 5.26 Å². The van der Waals surface area contributed by atoms with E-state index in [9.17, 15) is 0 Å². The van der Waals surface area contributed by atoms with Gasteiger partial charge in [0, 0.05) is 18.6 Å². The van der Waals surface area contributed by atoms with E-state index < -0.39 is 0 Å². The lowest BCUT2D eigenvalue weighted by atomic mass is 10.0. The van der Waals surface area contributed by atoms with Crippen LogP contribution in [0.4, 0.5) is 11.4 Å². The third kappa shape index (κ3) is 1.83. The molecule has 0 saturated carbocycles. The third-order valence-corrected chi connectivity index (χ3v) is 2.88. The van der Waals surface area contributed by atoms with Gasteiger partial charge in [-0.05, 0) is 39.0 Å². The molecule has 84 valence electrons. The molecule has 0 aliphatic carbocycles. The first-order chi connectivity index (χ1) is 7.52. The van der Waals surface area contributed by atoms with Gasteiger partial charge >= 0.3 is 0 Å². The van der Waals surface area contributed by atoms with Crippen molar-refractivity contribution in [3.8, 4) is 6.07 Å². The number of hydrogen-bond acceptors (Lipinski definition) is 3. The number of benzene rings is 1. The first kappa shape index (κ1) is 10.8. The van der Waals surface area contributed by atoms with E-state index in [1.807, 2.05) is 18.2 Å². The molecule has 1 aliphatic heterocycles. The molecule has 3 heteroatoms. The van der Waals surface area contributed by atoms with Gasteiger partial charge < -0.3 is 10.2 Å². The summed E-state index contributed by atoms with van der Waals surface area (Å²) in [6, 6.07) is 8.01. The fraction of sp³-hybridized carbons (Fsp3) is 0.462. The highest BCUT2D eigenvalue weighted by Gasteiger charge is 2.26. The van der Waals surface area contributed by atoms with E-state index in [0.29, 0.717) is 0 Å². The standard InChI is InChI=1S/C13H17N3/c1-13(2,3)16-7-6-15-11-5-4-10(9-14)8-12(11)16/h4-5,8,15H,6-7H2,1-3H3. The molecule has 1 aromatic carbocycles. The Morgan fingerprint density at radius 3 is 2.75 bits per heavy atom. The molecule has 0 saturated heterocycles. The van der Waals surface area contributed by atoms with E-state index in [1.54, 1.807) is 0 Å². The summed E-state index contributed by atoms with van der Waals surface area (Å²) in [5.74, 6) is 0. The minimum absolute atomic E-state index is 0.0882. The van der Waals surface area contributed by atoms with Gasteiger partial charge in [-0.15, -0.1) is 0 Å². The number of anilines is 2. The molecule has 0 atom stereocenters. The molecule has 0 spiro atoms. The normalized spacial score (nSPS) is 15.0. The zero-order valence-corrected chi connectivity index (χ0v) is 10.0. The van der Waals surface area contributed by atoms with E-state index in [-0.39, 0.29) is 5.54 Å². The number of nitriles is 1. The van der Waals surface area contributed by atoms with E-state index in [0.717, 1.165) is 30.0 Å². The van der Waals surface area contributed by atoms with Crippen LogP contribution in [0.25, 0.3) is 0 Å². The van der Waals surface area contributed by atoms with Crippen LogP contribution in [0.2, 0.25) is 0 Å². The maximum absolute atomic E-state index is 8.94. The van der Waals surface area contributed by atoms with Crippen LogP contribution >= 0.6 is 0 Å². The highest BCUT2D eigenvalue weighted by Crippen LogP contribution is 2.34. The van der Waals surface area contributed by atoms with Crippen LogP contribution in [0.1, 0.15) is 26.3 Å². The average Bonchev–Trinajstić information content (AvgIpc) is 2.26. The van der Waals surface area contributed by atoms with Gasteiger partial charge in [-0.2, -0.15) is 5.26 Å². The lowest BCUT2D eigenvalue weighted by Gasteiger charge is -2.42. The predicted molar refractivity (Wildman–Crippen MR) is 66.7 cm³/mol. The van der Waals surface area contributed by atoms with Gasteiger partial charge in [0.1, 0.15) is 0 Å². The monoisotopic (exact) mass is 215 g/mol. The molecule has 1 aliphatic rings. The van der Waals surface area contributed by atoms with Crippen molar-refractivity contribution in [3.05, 3.63) is 23.8 Å². The van der Waals surface area contributed by atoms with Crippen molar-refractivity contribution in [1.82, 2.24) is 0 Å². The van der Waals surface area contributed by atoms with Gasteiger partial charge in [-0.25, -0.2) is 0 Å². The highest BCUT2D eigenvalue weighted by molar-refractivity contribution is 5.74. The number of hydrogen-bond donors (Lipinski definition) is 1. The molecule has 0 amide bonds. The average molecular weight is 215 g/mol.